The molecule has 2 saturated heterocycles. The minimum Gasteiger partial charge on any atom is -0.334 e. The highest BCUT2D eigenvalue weighted by molar-refractivity contribution is 7.91. The average molecular weight is 272 g/mol. The summed E-state index contributed by atoms with van der Waals surface area (Å²) in [5.41, 5.74) is 0. The Balaban J connectivity index is 1.43. The zero-order chi connectivity index (χ0) is 12.8. The Kier molecular flexibility index (Phi) is 3.00. The molecular formula is C12H20N2O3S. The van der Waals surface area contributed by atoms with Gasteiger partial charge in [0.1, 0.15) is 0 Å². The minimum atomic E-state index is -2.91. The number of hydrogen-bond acceptors (Lipinski definition) is 3. The van der Waals surface area contributed by atoms with Crippen LogP contribution in [0.25, 0.3) is 0 Å². The summed E-state index contributed by atoms with van der Waals surface area (Å²) in [6.45, 7) is 1.71. The van der Waals surface area contributed by atoms with Gasteiger partial charge in [0, 0.05) is 19.1 Å². The lowest BCUT2D eigenvalue weighted by Crippen LogP contribution is -2.58. The van der Waals surface area contributed by atoms with Gasteiger partial charge in [-0.1, -0.05) is 19.3 Å². The summed E-state index contributed by atoms with van der Waals surface area (Å²) in [6.07, 6.45) is 4.54. The van der Waals surface area contributed by atoms with Crippen LogP contribution in [0.4, 0.5) is 4.79 Å². The lowest BCUT2D eigenvalue weighted by molar-refractivity contribution is 0.0510. The van der Waals surface area contributed by atoms with E-state index in [1.165, 1.54) is 19.3 Å². The van der Waals surface area contributed by atoms with Gasteiger partial charge in [-0.15, -0.1) is 0 Å². The first-order chi connectivity index (χ1) is 8.53. The van der Waals surface area contributed by atoms with E-state index in [2.05, 4.69) is 5.32 Å². The third-order valence-electron chi connectivity index (χ3n) is 4.57. The van der Waals surface area contributed by atoms with Gasteiger partial charge >= 0.3 is 6.03 Å². The van der Waals surface area contributed by atoms with E-state index in [0.717, 1.165) is 19.0 Å². The standard InChI is InChI=1S/C12H20N2O3S/c15-12(13-11-4-5-18(16,17)8-11)14-6-10(7-14)9-2-1-3-9/h9-11H,1-8H2,(H,13,15). The first-order valence-corrected chi connectivity index (χ1v) is 8.61. The molecule has 3 fully saturated rings. The predicted molar refractivity (Wildman–Crippen MR) is 68.0 cm³/mol. The Labute approximate surface area is 108 Å². The SMILES string of the molecule is O=C(NC1CCS(=O)(=O)C1)N1CC(C2CCC2)C1. The molecule has 0 aromatic heterocycles. The van der Waals surface area contributed by atoms with E-state index >= 15 is 0 Å². The number of carbonyl (C=O) groups excluding carboxylic acids is 1. The predicted octanol–water partition coefficient (Wildman–Crippen LogP) is 0.615. The van der Waals surface area contributed by atoms with E-state index in [4.69, 9.17) is 0 Å². The molecule has 0 bridgehead atoms. The number of urea groups is 1. The fourth-order valence-electron chi connectivity index (χ4n) is 3.06. The largest absolute Gasteiger partial charge is 0.334 e. The number of nitrogens with zero attached hydrogens (tertiary/aromatic N) is 1. The average Bonchev–Trinajstić information content (AvgIpc) is 2.47. The molecule has 5 nitrogen and oxygen atoms in total. The van der Waals surface area contributed by atoms with Crippen LogP contribution in [0, 0.1) is 11.8 Å². The van der Waals surface area contributed by atoms with E-state index in [1.807, 2.05) is 4.90 Å². The number of amides is 2. The molecule has 0 radical (unpaired) electrons. The highest BCUT2D eigenvalue weighted by atomic mass is 32.2. The van der Waals surface area contributed by atoms with Gasteiger partial charge in [-0.25, -0.2) is 13.2 Å². The molecule has 1 N–H and O–H groups in total. The Morgan fingerprint density at radius 2 is 1.83 bits per heavy atom. The van der Waals surface area contributed by atoms with Crippen molar-refractivity contribution in [2.24, 2.45) is 11.8 Å². The third kappa shape index (κ3) is 2.35. The highest BCUT2D eigenvalue weighted by Crippen LogP contribution is 2.38. The first-order valence-electron chi connectivity index (χ1n) is 6.79. The van der Waals surface area contributed by atoms with Crippen LogP contribution in [0.15, 0.2) is 0 Å². The van der Waals surface area contributed by atoms with Gasteiger partial charge in [0.2, 0.25) is 0 Å². The summed E-state index contributed by atoms with van der Waals surface area (Å²) in [5, 5.41) is 2.84. The molecule has 2 heterocycles. The zero-order valence-electron chi connectivity index (χ0n) is 10.5. The summed E-state index contributed by atoms with van der Waals surface area (Å²) in [6, 6.07) is -0.252. The molecule has 102 valence electrons. The van der Waals surface area contributed by atoms with Crippen molar-refractivity contribution in [3.8, 4) is 0 Å². The Bertz CT molecular complexity index is 438. The van der Waals surface area contributed by atoms with Crippen molar-refractivity contribution in [1.29, 1.82) is 0 Å². The lowest BCUT2D eigenvalue weighted by atomic mass is 9.73. The molecule has 1 saturated carbocycles. The summed E-state index contributed by atoms with van der Waals surface area (Å²) in [4.78, 5) is 13.7. The number of carbonyl (C=O) groups is 1. The highest BCUT2D eigenvalue weighted by Gasteiger charge is 2.39. The lowest BCUT2D eigenvalue weighted by Gasteiger charge is -2.46. The Hall–Kier alpha value is -0.780. The summed E-state index contributed by atoms with van der Waals surface area (Å²) in [7, 11) is -2.91. The molecule has 6 heteroatoms. The van der Waals surface area contributed by atoms with Crippen molar-refractivity contribution in [2.75, 3.05) is 24.6 Å². The molecule has 0 spiro atoms. The van der Waals surface area contributed by atoms with Crippen LogP contribution in [-0.2, 0) is 9.84 Å². The number of likely N-dealkylation sites (tertiary alicyclic amines) is 1. The van der Waals surface area contributed by atoms with Crippen LogP contribution in [0.1, 0.15) is 25.7 Å². The van der Waals surface area contributed by atoms with Gasteiger partial charge in [-0.2, -0.15) is 0 Å². The molecule has 2 amide bonds. The topological polar surface area (TPSA) is 66.5 Å². The fraction of sp³-hybridized carbons (Fsp3) is 0.917. The van der Waals surface area contributed by atoms with Gasteiger partial charge < -0.3 is 10.2 Å². The zero-order valence-corrected chi connectivity index (χ0v) is 11.3. The maximum Gasteiger partial charge on any atom is 0.317 e. The second kappa shape index (κ2) is 4.40. The summed E-state index contributed by atoms with van der Waals surface area (Å²) >= 11 is 0. The van der Waals surface area contributed by atoms with Crippen LogP contribution in [0.3, 0.4) is 0 Å². The smallest absolute Gasteiger partial charge is 0.317 e. The van der Waals surface area contributed by atoms with Crippen molar-refractivity contribution in [1.82, 2.24) is 10.2 Å². The summed E-state index contributed by atoms with van der Waals surface area (Å²) < 4.78 is 22.6. The Morgan fingerprint density at radius 1 is 1.11 bits per heavy atom. The molecule has 3 rings (SSSR count). The number of nitrogens with one attached hydrogen (secondary N) is 1. The fourth-order valence-corrected chi connectivity index (χ4v) is 4.74. The van der Waals surface area contributed by atoms with Crippen LogP contribution in [0.2, 0.25) is 0 Å². The van der Waals surface area contributed by atoms with Gasteiger partial charge in [0.15, 0.2) is 9.84 Å². The minimum absolute atomic E-state index is 0.0762. The van der Waals surface area contributed by atoms with E-state index in [9.17, 15) is 13.2 Å². The normalized spacial score (nSPS) is 31.8. The maximum atomic E-state index is 11.9. The van der Waals surface area contributed by atoms with E-state index in [-0.39, 0.29) is 23.6 Å². The van der Waals surface area contributed by atoms with Crippen LogP contribution >= 0.6 is 0 Å². The van der Waals surface area contributed by atoms with Gasteiger partial charge in [0.25, 0.3) is 0 Å². The molecule has 1 atom stereocenters. The second-order valence-corrected chi connectivity index (χ2v) is 8.13. The van der Waals surface area contributed by atoms with Crippen molar-refractivity contribution in [3.63, 3.8) is 0 Å². The molecule has 2 aliphatic heterocycles. The van der Waals surface area contributed by atoms with Gasteiger partial charge in [0.05, 0.1) is 11.5 Å². The van der Waals surface area contributed by atoms with E-state index in [0.29, 0.717) is 12.3 Å². The number of rotatable bonds is 2. The molecule has 1 aliphatic carbocycles. The molecule has 18 heavy (non-hydrogen) atoms. The molecule has 0 aromatic carbocycles. The van der Waals surface area contributed by atoms with Gasteiger partial charge in [-0.3, -0.25) is 0 Å². The van der Waals surface area contributed by atoms with Gasteiger partial charge in [-0.05, 0) is 18.3 Å². The molecule has 0 aromatic rings. The monoisotopic (exact) mass is 272 g/mol. The molecule has 1 unspecified atom stereocenters. The molecule has 3 aliphatic rings. The summed E-state index contributed by atoms with van der Waals surface area (Å²) in [5.74, 6) is 1.85. The van der Waals surface area contributed by atoms with Crippen molar-refractivity contribution >= 4 is 15.9 Å². The first kappa shape index (κ1) is 12.3. The number of sulfone groups is 1. The van der Waals surface area contributed by atoms with Crippen molar-refractivity contribution in [2.45, 2.75) is 31.7 Å². The Morgan fingerprint density at radius 3 is 2.33 bits per heavy atom. The number of hydrogen-bond donors (Lipinski definition) is 1. The van der Waals surface area contributed by atoms with Crippen molar-refractivity contribution < 1.29 is 13.2 Å². The second-order valence-electron chi connectivity index (χ2n) is 5.91. The quantitative estimate of drug-likeness (QED) is 0.801. The molecular weight excluding hydrogens is 252 g/mol. The van der Waals surface area contributed by atoms with E-state index in [1.54, 1.807) is 0 Å². The maximum absolute atomic E-state index is 11.9. The third-order valence-corrected chi connectivity index (χ3v) is 6.34. The van der Waals surface area contributed by atoms with E-state index < -0.39 is 9.84 Å². The van der Waals surface area contributed by atoms with Crippen molar-refractivity contribution in [3.05, 3.63) is 0 Å². The van der Waals surface area contributed by atoms with Crippen LogP contribution in [-0.4, -0.2) is 50.0 Å². The van der Waals surface area contributed by atoms with Crippen LogP contribution < -0.4 is 5.32 Å². The van der Waals surface area contributed by atoms with Crippen LogP contribution in [0.5, 0.6) is 0 Å².